The zero-order chi connectivity index (χ0) is 18.5. The van der Waals surface area contributed by atoms with Crippen LogP contribution in [0, 0.1) is 6.92 Å². The van der Waals surface area contributed by atoms with Crippen molar-refractivity contribution in [3.63, 3.8) is 0 Å². The third-order valence-corrected chi connectivity index (χ3v) is 4.61. The normalized spacial score (nSPS) is 11.4. The molecule has 0 fully saturated rings. The minimum absolute atomic E-state index is 0. The van der Waals surface area contributed by atoms with Gasteiger partial charge >= 0.3 is 0 Å². The van der Waals surface area contributed by atoms with Crippen molar-refractivity contribution in [2.75, 3.05) is 0 Å². The molecule has 1 unspecified atom stereocenters. The number of hydrogen-bond acceptors (Lipinski definition) is 3. The summed E-state index contributed by atoms with van der Waals surface area (Å²) in [6.07, 6.45) is 1.15. The van der Waals surface area contributed by atoms with Gasteiger partial charge in [-0.3, -0.25) is 9.78 Å². The van der Waals surface area contributed by atoms with E-state index in [-0.39, 0.29) is 24.6 Å². The van der Waals surface area contributed by atoms with Crippen LogP contribution in [0.25, 0.3) is 0 Å². The Balaban J connectivity index is 0.00000261. The first-order valence-corrected chi connectivity index (χ1v) is 9.30. The van der Waals surface area contributed by atoms with Crippen LogP contribution in [-0.2, 0) is 11.2 Å². The minimum Gasteiger partial charge on any atom is -0.478 e. The molecule has 0 aliphatic heterocycles. The maximum Gasteiger partial charge on any atom is 0.183 e. The van der Waals surface area contributed by atoms with E-state index >= 15 is 0 Å². The van der Waals surface area contributed by atoms with Crippen LogP contribution in [0.1, 0.15) is 22.9 Å². The van der Waals surface area contributed by atoms with E-state index in [0.29, 0.717) is 16.5 Å². The summed E-state index contributed by atoms with van der Waals surface area (Å²) in [7, 11) is 0. The van der Waals surface area contributed by atoms with Crippen molar-refractivity contribution >= 4 is 45.7 Å². The first-order chi connectivity index (χ1) is 12.5. The maximum absolute atomic E-state index is 12.9. The fourth-order valence-corrected chi connectivity index (χ4v) is 2.85. The van der Waals surface area contributed by atoms with Crippen molar-refractivity contribution in [3.8, 4) is 5.75 Å². The van der Waals surface area contributed by atoms with Gasteiger partial charge in [0.05, 0.1) is 6.42 Å². The number of carbonyl (C=O) groups is 1. The molecule has 1 atom stereocenters. The monoisotopic (exact) mass is 465 g/mol. The molecule has 0 N–H and O–H groups in total. The molecule has 0 saturated heterocycles. The standard InChI is InChI=1S/C21H17BrClNO2.ClH/c1-14-2-10-19(11-3-14)26-21(15-4-7-17(23)8-5-15)20(25)12-18-9-6-16(22)13-24-18;/h2-11,13,21H,12H2,1H3;1H. The topological polar surface area (TPSA) is 39.2 Å². The van der Waals surface area contributed by atoms with Crippen LogP contribution in [0.15, 0.2) is 71.3 Å². The van der Waals surface area contributed by atoms with Gasteiger partial charge in [-0.05, 0) is 64.8 Å². The number of pyridine rings is 1. The lowest BCUT2D eigenvalue weighted by Crippen LogP contribution is -2.21. The Kier molecular flexibility index (Phi) is 7.84. The Bertz CT molecular complexity index is 882. The second-order valence-electron chi connectivity index (χ2n) is 5.97. The lowest BCUT2D eigenvalue weighted by molar-refractivity contribution is -0.125. The van der Waals surface area contributed by atoms with Crippen molar-refractivity contribution in [1.29, 1.82) is 0 Å². The second-order valence-corrected chi connectivity index (χ2v) is 7.33. The quantitative estimate of drug-likeness (QED) is 0.436. The van der Waals surface area contributed by atoms with Gasteiger partial charge in [-0.1, -0.05) is 41.4 Å². The van der Waals surface area contributed by atoms with Crippen LogP contribution in [0.4, 0.5) is 0 Å². The zero-order valence-corrected chi connectivity index (χ0v) is 17.7. The molecule has 0 radical (unpaired) electrons. The molecule has 140 valence electrons. The predicted molar refractivity (Wildman–Crippen MR) is 114 cm³/mol. The summed E-state index contributed by atoms with van der Waals surface area (Å²) in [5.41, 5.74) is 2.59. The fourth-order valence-electron chi connectivity index (χ4n) is 2.49. The largest absolute Gasteiger partial charge is 0.478 e. The smallest absolute Gasteiger partial charge is 0.183 e. The van der Waals surface area contributed by atoms with E-state index < -0.39 is 6.10 Å². The zero-order valence-electron chi connectivity index (χ0n) is 14.6. The summed E-state index contributed by atoms with van der Waals surface area (Å²) in [5.74, 6) is 0.579. The van der Waals surface area contributed by atoms with Crippen molar-refractivity contribution in [2.24, 2.45) is 0 Å². The molecule has 6 heteroatoms. The third kappa shape index (κ3) is 6.06. The molecule has 0 saturated carbocycles. The third-order valence-electron chi connectivity index (χ3n) is 3.88. The number of rotatable bonds is 6. The molecular formula is C21H18BrCl2NO2. The highest BCUT2D eigenvalue weighted by molar-refractivity contribution is 9.10. The Hall–Kier alpha value is -1.88. The Morgan fingerprint density at radius 2 is 1.74 bits per heavy atom. The van der Waals surface area contributed by atoms with Crippen molar-refractivity contribution < 1.29 is 9.53 Å². The van der Waals surface area contributed by atoms with Gasteiger partial charge in [0.25, 0.3) is 0 Å². The van der Waals surface area contributed by atoms with Gasteiger partial charge in [-0.2, -0.15) is 0 Å². The molecule has 1 aromatic heterocycles. The Morgan fingerprint density at radius 1 is 1.07 bits per heavy atom. The van der Waals surface area contributed by atoms with Gasteiger partial charge in [0.1, 0.15) is 5.75 Å². The lowest BCUT2D eigenvalue weighted by atomic mass is 10.0. The van der Waals surface area contributed by atoms with E-state index in [1.54, 1.807) is 18.3 Å². The molecular weight excluding hydrogens is 449 g/mol. The van der Waals surface area contributed by atoms with E-state index in [0.717, 1.165) is 15.6 Å². The summed E-state index contributed by atoms with van der Waals surface area (Å²) < 4.78 is 6.90. The number of hydrogen-bond donors (Lipinski definition) is 0. The average Bonchev–Trinajstić information content (AvgIpc) is 2.64. The molecule has 27 heavy (non-hydrogen) atoms. The molecule has 0 spiro atoms. The molecule has 3 nitrogen and oxygen atoms in total. The first-order valence-electron chi connectivity index (χ1n) is 8.13. The van der Waals surface area contributed by atoms with Gasteiger partial charge in [-0.25, -0.2) is 0 Å². The van der Waals surface area contributed by atoms with Crippen molar-refractivity contribution in [3.05, 3.63) is 93.2 Å². The molecule has 0 aliphatic carbocycles. The number of benzene rings is 2. The number of carbonyl (C=O) groups excluding carboxylic acids is 1. The summed E-state index contributed by atoms with van der Waals surface area (Å²) in [5, 5.41) is 0.616. The van der Waals surface area contributed by atoms with E-state index in [2.05, 4.69) is 20.9 Å². The van der Waals surface area contributed by atoms with Crippen LogP contribution >= 0.6 is 39.9 Å². The van der Waals surface area contributed by atoms with Crippen LogP contribution in [-0.4, -0.2) is 10.8 Å². The van der Waals surface area contributed by atoms with Crippen molar-refractivity contribution in [2.45, 2.75) is 19.4 Å². The SMILES string of the molecule is Cc1ccc(OC(C(=O)Cc2ccc(Br)cn2)c2ccc(Cl)cc2)cc1.Cl. The highest BCUT2D eigenvalue weighted by atomic mass is 79.9. The molecule has 3 aromatic rings. The van der Waals surface area contributed by atoms with Crippen LogP contribution < -0.4 is 4.74 Å². The highest BCUT2D eigenvalue weighted by Crippen LogP contribution is 2.26. The second kappa shape index (κ2) is 9.88. The molecule has 3 rings (SSSR count). The number of ketones is 1. The molecule has 0 aliphatic rings. The number of aryl methyl sites for hydroxylation is 1. The summed E-state index contributed by atoms with van der Waals surface area (Å²) in [6.45, 7) is 2.00. The molecule has 2 aromatic carbocycles. The van der Waals surface area contributed by atoms with Gasteiger partial charge in [0.15, 0.2) is 11.9 Å². The van der Waals surface area contributed by atoms with Gasteiger partial charge in [0, 0.05) is 21.4 Å². The lowest BCUT2D eigenvalue weighted by Gasteiger charge is -2.19. The minimum atomic E-state index is -0.722. The first kappa shape index (κ1) is 21.4. The Morgan fingerprint density at radius 3 is 2.33 bits per heavy atom. The van der Waals surface area contributed by atoms with Gasteiger partial charge in [0.2, 0.25) is 0 Å². The van der Waals surface area contributed by atoms with E-state index in [1.807, 2.05) is 55.5 Å². The number of aromatic nitrogens is 1. The molecule has 0 bridgehead atoms. The van der Waals surface area contributed by atoms with Crippen LogP contribution in [0.3, 0.4) is 0 Å². The number of Topliss-reactive ketones (excluding diaryl/α,β-unsaturated/α-hetero) is 1. The number of halogens is 3. The molecule has 1 heterocycles. The number of ether oxygens (including phenoxy) is 1. The van der Waals surface area contributed by atoms with Gasteiger partial charge in [-0.15, -0.1) is 12.4 Å². The summed E-state index contributed by atoms with van der Waals surface area (Å²) in [6, 6.07) is 18.5. The van der Waals surface area contributed by atoms with E-state index in [1.165, 1.54) is 0 Å². The van der Waals surface area contributed by atoms with Gasteiger partial charge < -0.3 is 4.74 Å². The number of nitrogens with zero attached hydrogens (tertiary/aromatic N) is 1. The highest BCUT2D eigenvalue weighted by Gasteiger charge is 2.23. The van der Waals surface area contributed by atoms with Crippen molar-refractivity contribution in [1.82, 2.24) is 4.98 Å². The summed E-state index contributed by atoms with van der Waals surface area (Å²) in [4.78, 5) is 17.2. The Labute approximate surface area is 178 Å². The fraction of sp³-hybridized carbons (Fsp3) is 0.143. The van der Waals surface area contributed by atoms with E-state index in [4.69, 9.17) is 16.3 Å². The van der Waals surface area contributed by atoms with Crippen LogP contribution in [0.2, 0.25) is 5.02 Å². The average molecular weight is 467 g/mol. The van der Waals surface area contributed by atoms with E-state index in [9.17, 15) is 4.79 Å². The summed E-state index contributed by atoms with van der Waals surface area (Å²) >= 11 is 9.33. The molecule has 0 amide bonds. The predicted octanol–water partition coefficient (Wildman–Crippen LogP) is 6.16. The van der Waals surface area contributed by atoms with Crippen LogP contribution in [0.5, 0.6) is 5.75 Å². The maximum atomic E-state index is 12.9.